The lowest BCUT2D eigenvalue weighted by Crippen LogP contribution is -2.17. The summed E-state index contributed by atoms with van der Waals surface area (Å²) in [6, 6.07) is 9.11. The van der Waals surface area contributed by atoms with Crippen LogP contribution in [0, 0.1) is 10.1 Å². The van der Waals surface area contributed by atoms with E-state index in [1.54, 1.807) is 0 Å². The molecule has 1 amide bonds. The Morgan fingerprint density at radius 1 is 1.08 bits per heavy atom. The molecule has 2 rings (SSSR count). The first-order chi connectivity index (χ1) is 11.3. The van der Waals surface area contributed by atoms with Crippen molar-refractivity contribution in [1.29, 1.82) is 0 Å². The van der Waals surface area contributed by atoms with E-state index in [-0.39, 0.29) is 11.3 Å². The van der Waals surface area contributed by atoms with Crippen LogP contribution in [0.15, 0.2) is 53.6 Å². The number of benzene rings is 2. The van der Waals surface area contributed by atoms with Crippen LogP contribution < -0.4 is 5.43 Å². The minimum absolute atomic E-state index is 0.153. The summed E-state index contributed by atoms with van der Waals surface area (Å²) in [5, 5.41) is 14.1. The summed E-state index contributed by atoms with van der Waals surface area (Å²) in [6.45, 7) is 0. The van der Waals surface area contributed by atoms with Gasteiger partial charge in [-0.05, 0) is 29.8 Å². The predicted molar refractivity (Wildman–Crippen MR) is 79.6 cm³/mol. The van der Waals surface area contributed by atoms with E-state index < -0.39 is 22.6 Å². The van der Waals surface area contributed by atoms with Crippen molar-refractivity contribution in [2.75, 3.05) is 0 Å². The average Bonchev–Trinajstić information content (AvgIpc) is 2.54. The molecule has 24 heavy (non-hydrogen) atoms. The van der Waals surface area contributed by atoms with Gasteiger partial charge >= 0.3 is 6.18 Å². The summed E-state index contributed by atoms with van der Waals surface area (Å²) >= 11 is 0. The number of hydrogen-bond acceptors (Lipinski definition) is 4. The van der Waals surface area contributed by atoms with Gasteiger partial charge in [-0.15, -0.1) is 0 Å². The molecule has 0 aliphatic heterocycles. The third kappa shape index (κ3) is 4.38. The largest absolute Gasteiger partial charge is 0.416 e. The van der Waals surface area contributed by atoms with E-state index in [1.165, 1.54) is 42.6 Å². The van der Waals surface area contributed by atoms with Gasteiger partial charge in [-0.25, -0.2) is 5.43 Å². The Hall–Kier alpha value is -3.23. The molecule has 0 atom stereocenters. The molecule has 0 aliphatic carbocycles. The van der Waals surface area contributed by atoms with E-state index in [2.05, 4.69) is 10.5 Å². The second-order valence-corrected chi connectivity index (χ2v) is 4.62. The maximum atomic E-state index is 12.4. The number of alkyl halides is 3. The number of nitro benzene ring substituents is 1. The molecule has 0 bridgehead atoms. The van der Waals surface area contributed by atoms with Gasteiger partial charge in [0, 0.05) is 17.7 Å². The number of carbonyl (C=O) groups excluding carboxylic acids is 1. The molecule has 124 valence electrons. The fraction of sp³-hybridized carbons (Fsp3) is 0.0667. The lowest BCUT2D eigenvalue weighted by Gasteiger charge is -2.05. The number of amides is 1. The van der Waals surface area contributed by atoms with Crippen molar-refractivity contribution in [3.8, 4) is 0 Å². The molecule has 0 unspecified atom stereocenters. The molecule has 0 aliphatic rings. The Balaban J connectivity index is 1.98. The van der Waals surface area contributed by atoms with Crippen LogP contribution in [0.4, 0.5) is 18.9 Å². The normalized spacial score (nSPS) is 11.5. The molecule has 0 fully saturated rings. The van der Waals surface area contributed by atoms with Crippen molar-refractivity contribution in [3.05, 3.63) is 75.3 Å². The zero-order valence-corrected chi connectivity index (χ0v) is 11.9. The minimum Gasteiger partial charge on any atom is -0.267 e. The monoisotopic (exact) mass is 337 g/mol. The number of hydrazone groups is 1. The number of nitrogens with one attached hydrogen (secondary N) is 1. The van der Waals surface area contributed by atoms with Crippen LogP contribution in [0.25, 0.3) is 0 Å². The quantitative estimate of drug-likeness (QED) is 0.527. The minimum atomic E-state index is -4.42. The zero-order valence-electron chi connectivity index (χ0n) is 11.9. The van der Waals surface area contributed by atoms with Crippen LogP contribution in [0.1, 0.15) is 21.5 Å². The number of nitro groups is 1. The number of hydrogen-bond donors (Lipinski definition) is 1. The third-order valence-electron chi connectivity index (χ3n) is 2.96. The van der Waals surface area contributed by atoms with Crippen molar-refractivity contribution < 1.29 is 22.9 Å². The van der Waals surface area contributed by atoms with Gasteiger partial charge in [0.05, 0.1) is 16.7 Å². The van der Waals surface area contributed by atoms with Crippen LogP contribution in [0.5, 0.6) is 0 Å². The molecule has 0 saturated heterocycles. The summed E-state index contributed by atoms with van der Waals surface area (Å²) < 4.78 is 37.2. The molecule has 2 aromatic rings. The summed E-state index contributed by atoms with van der Waals surface area (Å²) in [4.78, 5) is 21.7. The Morgan fingerprint density at radius 2 is 1.67 bits per heavy atom. The number of carbonyl (C=O) groups is 1. The van der Waals surface area contributed by atoms with Crippen LogP contribution >= 0.6 is 0 Å². The summed E-state index contributed by atoms with van der Waals surface area (Å²) in [7, 11) is 0. The van der Waals surface area contributed by atoms with Gasteiger partial charge in [0.15, 0.2) is 0 Å². The van der Waals surface area contributed by atoms with Crippen molar-refractivity contribution in [3.63, 3.8) is 0 Å². The van der Waals surface area contributed by atoms with E-state index >= 15 is 0 Å². The van der Waals surface area contributed by atoms with Crippen LogP contribution in [0.3, 0.4) is 0 Å². The zero-order chi connectivity index (χ0) is 17.7. The summed E-state index contributed by atoms with van der Waals surface area (Å²) in [5.74, 6) is -0.604. The van der Waals surface area contributed by atoms with Crippen LogP contribution in [-0.4, -0.2) is 17.0 Å². The first-order valence-corrected chi connectivity index (χ1v) is 6.52. The van der Waals surface area contributed by atoms with Gasteiger partial charge in [-0.2, -0.15) is 18.3 Å². The van der Waals surface area contributed by atoms with Gasteiger partial charge in [-0.3, -0.25) is 14.9 Å². The highest BCUT2D eigenvalue weighted by atomic mass is 19.4. The number of rotatable bonds is 4. The molecule has 1 N–H and O–H groups in total. The lowest BCUT2D eigenvalue weighted by molar-refractivity contribution is -0.384. The number of non-ortho nitro benzene ring substituents is 1. The molecule has 9 heteroatoms. The predicted octanol–water partition coefficient (Wildman–Crippen LogP) is 3.38. The van der Waals surface area contributed by atoms with E-state index in [0.717, 1.165) is 12.1 Å². The van der Waals surface area contributed by atoms with Crippen molar-refractivity contribution >= 4 is 17.8 Å². The maximum absolute atomic E-state index is 12.4. The second-order valence-electron chi connectivity index (χ2n) is 4.62. The van der Waals surface area contributed by atoms with E-state index in [4.69, 9.17) is 0 Å². The molecular formula is C15H10F3N3O3. The topological polar surface area (TPSA) is 84.6 Å². The fourth-order valence-electron chi connectivity index (χ4n) is 1.72. The molecule has 0 radical (unpaired) electrons. The van der Waals surface area contributed by atoms with E-state index in [0.29, 0.717) is 5.56 Å². The highest BCUT2D eigenvalue weighted by molar-refractivity contribution is 5.95. The molecule has 0 spiro atoms. The van der Waals surface area contributed by atoms with Crippen LogP contribution in [0.2, 0.25) is 0 Å². The molecule has 6 nitrogen and oxygen atoms in total. The summed E-state index contributed by atoms with van der Waals surface area (Å²) in [5.41, 5.74) is 1.77. The smallest absolute Gasteiger partial charge is 0.267 e. The van der Waals surface area contributed by atoms with Gasteiger partial charge in [0.2, 0.25) is 0 Å². The second kappa shape index (κ2) is 6.90. The van der Waals surface area contributed by atoms with Gasteiger partial charge in [0.25, 0.3) is 11.6 Å². The molecule has 0 saturated carbocycles. The highest BCUT2D eigenvalue weighted by Crippen LogP contribution is 2.28. The van der Waals surface area contributed by atoms with Gasteiger partial charge < -0.3 is 0 Å². The van der Waals surface area contributed by atoms with Gasteiger partial charge in [0.1, 0.15) is 0 Å². The van der Waals surface area contributed by atoms with Crippen LogP contribution in [-0.2, 0) is 6.18 Å². The molecule has 0 heterocycles. The van der Waals surface area contributed by atoms with E-state index in [9.17, 15) is 28.1 Å². The highest BCUT2D eigenvalue weighted by Gasteiger charge is 2.29. The average molecular weight is 337 g/mol. The van der Waals surface area contributed by atoms with Gasteiger partial charge in [-0.1, -0.05) is 12.1 Å². The first-order valence-electron chi connectivity index (χ1n) is 6.52. The third-order valence-corrected chi connectivity index (χ3v) is 2.96. The maximum Gasteiger partial charge on any atom is 0.416 e. The Labute approximate surface area is 133 Å². The number of nitrogens with zero attached hydrogens (tertiary/aromatic N) is 2. The van der Waals surface area contributed by atoms with E-state index in [1.807, 2.05) is 0 Å². The fourth-order valence-corrected chi connectivity index (χ4v) is 1.72. The van der Waals surface area contributed by atoms with Crippen molar-refractivity contribution in [2.45, 2.75) is 6.18 Å². The molecule has 2 aromatic carbocycles. The molecule has 0 aromatic heterocycles. The standard InChI is InChI=1S/C15H10F3N3O3/c16-15(17,18)12-5-1-10(2-6-12)9-19-20-14(22)11-3-7-13(8-4-11)21(23)24/h1-9H,(H,20,22)/b19-9-. The van der Waals surface area contributed by atoms with Crippen molar-refractivity contribution in [1.82, 2.24) is 5.43 Å². The Kier molecular flexibility index (Phi) is 4.93. The molecular weight excluding hydrogens is 327 g/mol. The Bertz CT molecular complexity index is 769. The summed E-state index contributed by atoms with van der Waals surface area (Å²) in [6.07, 6.45) is -3.23. The van der Waals surface area contributed by atoms with Crippen molar-refractivity contribution in [2.24, 2.45) is 5.10 Å². The first kappa shape index (κ1) is 17.1. The lowest BCUT2D eigenvalue weighted by atomic mass is 10.1. The SMILES string of the molecule is O=C(N/N=C\c1ccc(C(F)(F)F)cc1)c1ccc([N+](=O)[O-])cc1. The number of halogens is 3. The Morgan fingerprint density at radius 3 is 2.17 bits per heavy atom.